The van der Waals surface area contributed by atoms with Crippen LogP contribution in [-0.2, 0) is 9.59 Å². The molecular formula is C20H29NO4. The van der Waals surface area contributed by atoms with Crippen LogP contribution in [0.3, 0.4) is 0 Å². The van der Waals surface area contributed by atoms with Gasteiger partial charge in [0.15, 0.2) is 5.78 Å². The number of ether oxygens (including phenoxy) is 1. The second-order valence-corrected chi connectivity index (χ2v) is 6.04. The second-order valence-electron chi connectivity index (χ2n) is 6.04. The first-order valence-corrected chi connectivity index (χ1v) is 8.90. The van der Waals surface area contributed by atoms with Gasteiger partial charge in [-0.15, -0.1) is 0 Å². The molecule has 1 atom stereocenters. The molecule has 1 aromatic rings. The van der Waals surface area contributed by atoms with Gasteiger partial charge in [0.1, 0.15) is 12.4 Å². The number of hydrogen-bond acceptors (Lipinski definition) is 4. The number of aliphatic hydroxyl groups excluding tert-OH is 1. The van der Waals surface area contributed by atoms with Crippen LogP contribution in [0.4, 0.5) is 0 Å². The Bertz CT molecular complexity index is 551. The lowest BCUT2D eigenvalue weighted by Crippen LogP contribution is -2.29. The molecule has 25 heavy (non-hydrogen) atoms. The highest BCUT2D eigenvalue weighted by atomic mass is 16.5. The molecule has 0 aliphatic rings. The van der Waals surface area contributed by atoms with Crippen LogP contribution in [0.5, 0.6) is 5.75 Å². The minimum Gasteiger partial charge on any atom is -0.493 e. The van der Waals surface area contributed by atoms with Crippen LogP contribution < -0.4 is 10.1 Å². The molecule has 5 heteroatoms. The van der Waals surface area contributed by atoms with Crippen LogP contribution in [0, 0.1) is 5.92 Å². The molecule has 1 aromatic carbocycles. The normalized spacial score (nSPS) is 12.1. The summed E-state index contributed by atoms with van der Waals surface area (Å²) in [6.07, 6.45) is 7.78. The van der Waals surface area contributed by atoms with Crippen LogP contribution in [0.15, 0.2) is 30.3 Å². The first kappa shape index (κ1) is 20.9. The zero-order valence-electron chi connectivity index (χ0n) is 15.2. The highest BCUT2D eigenvalue weighted by molar-refractivity contribution is 5.94. The fraction of sp³-hybridized carbons (Fsp3) is 0.500. The smallest absolute Gasteiger partial charge is 0.244 e. The van der Waals surface area contributed by atoms with Gasteiger partial charge in [0.05, 0.1) is 13.2 Å². The van der Waals surface area contributed by atoms with E-state index in [-0.39, 0.29) is 12.5 Å². The zero-order chi connectivity index (χ0) is 18.5. The van der Waals surface area contributed by atoms with Gasteiger partial charge in [-0.2, -0.15) is 0 Å². The Morgan fingerprint density at radius 1 is 1.24 bits per heavy atom. The average Bonchev–Trinajstić information content (AvgIpc) is 2.65. The van der Waals surface area contributed by atoms with E-state index in [1.165, 1.54) is 25.3 Å². The number of benzene rings is 1. The summed E-state index contributed by atoms with van der Waals surface area (Å²) < 4.78 is 5.85. The Labute approximate surface area is 150 Å². The maximum Gasteiger partial charge on any atom is 0.244 e. The van der Waals surface area contributed by atoms with Crippen molar-refractivity contribution in [2.45, 2.75) is 39.5 Å². The molecule has 0 aliphatic heterocycles. The monoisotopic (exact) mass is 347 g/mol. The number of unbranched alkanes of at least 4 members (excludes halogenated alkanes) is 1. The number of hydrogen-bond donors (Lipinski definition) is 2. The molecule has 0 aromatic heterocycles. The summed E-state index contributed by atoms with van der Waals surface area (Å²) in [7, 11) is 0. The lowest BCUT2D eigenvalue weighted by molar-refractivity contribution is -0.124. The number of amides is 1. The lowest BCUT2D eigenvalue weighted by Gasteiger charge is -2.15. The van der Waals surface area contributed by atoms with E-state index in [4.69, 9.17) is 9.84 Å². The Kier molecular flexibility index (Phi) is 10.2. The molecule has 0 heterocycles. The van der Waals surface area contributed by atoms with E-state index in [0.29, 0.717) is 5.92 Å². The second kappa shape index (κ2) is 12.3. The van der Waals surface area contributed by atoms with E-state index in [9.17, 15) is 9.59 Å². The van der Waals surface area contributed by atoms with Gasteiger partial charge in [0.2, 0.25) is 5.91 Å². The molecular weight excluding hydrogens is 318 g/mol. The third-order valence-electron chi connectivity index (χ3n) is 3.97. The van der Waals surface area contributed by atoms with Crippen molar-refractivity contribution in [2.24, 2.45) is 5.92 Å². The van der Waals surface area contributed by atoms with E-state index in [0.717, 1.165) is 24.3 Å². The van der Waals surface area contributed by atoms with Gasteiger partial charge in [-0.25, -0.2) is 0 Å². The van der Waals surface area contributed by atoms with Gasteiger partial charge in [0.25, 0.3) is 0 Å². The van der Waals surface area contributed by atoms with E-state index >= 15 is 0 Å². The molecule has 0 spiro atoms. The number of carbonyl (C=O) groups is 2. The van der Waals surface area contributed by atoms with Crippen LogP contribution in [0.1, 0.15) is 45.1 Å². The Balaban J connectivity index is 2.43. The summed E-state index contributed by atoms with van der Waals surface area (Å²) in [4.78, 5) is 22.5. The highest BCUT2D eigenvalue weighted by Crippen LogP contribution is 2.17. The maximum atomic E-state index is 11.5. The molecule has 0 fully saturated rings. The van der Waals surface area contributed by atoms with E-state index < -0.39 is 12.4 Å². The summed E-state index contributed by atoms with van der Waals surface area (Å²) in [5, 5.41) is 11.0. The largest absolute Gasteiger partial charge is 0.493 e. The van der Waals surface area contributed by atoms with E-state index in [1.807, 2.05) is 24.3 Å². The number of carbonyl (C=O) groups excluding carboxylic acids is 2. The predicted octanol–water partition coefficient (Wildman–Crippen LogP) is 2.97. The number of Topliss-reactive ketones (excluding diaryl/α,β-unsaturated/α-hetero) is 1. The molecule has 1 unspecified atom stereocenters. The fourth-order valence-electron chi connectivity index (χ4n) is 2.26. The quantitative estimate of drug-likeness (QED) is 0.570. The first-order chi connectivity index (χ1) is 12.1. The van der Waals surface area contributed by atoms with Crippen molar-refractivity contribution in [1.29, 1.82) is 0 Å². The topological polar surface area (TPSA) is 75.6 Å². The number of rotatable bonds is 12. The van der Waals surface area contributed by atoms with Gasteiger partial charge in [0, 0.05) is 6.08 Å². The summed E-state index contributed by atoms with van der Waals surface area (Å²) in [6, 6.07) is 7.54. The molecule has 0 aliphatic carbocycles. The van der Waals surface area contributed by atoms with Gasteiger partial charge < -0.3 is 15.2 Å². The van der Waals surface area contributed by atoms with Gasteiger partial charge in [-0.3, -0.25) is 9.59 Å². The van der Waals surface area contributed by atoms with Crippen molar-refractivity contribution in [1.82, 2.24) is 5.32 Å². The number of aliphatic hydroxyl groups is 1. The fourth-order valence-corrected chi connectivity index (χ4v) is 2.26. The zero-order valence-corrected chi connectivity index (χ0v) is 15.2. The average molecular weight is 347 g/mol. The van der Waals surface area contributed by atoms with Crippen molar-refractivity contribution in [3.63, 3.8) is 0 Å². The van der Waals surface area contributed by atoms with Crippen molar-refractivity contribution in [3.8, 4) is 5.75 Å². The van der Waals surface area contributed by atoms with Crippen LogP contribution >= 0.6 is 0 Å². The molecule has 0 bridgehead atoms. The van der Waals surface area contributed by atoms with Crippen LogP contribution in [-0.4, -0.2) is 36.6 Å². The number of nitrogens with one attached hydrogen (secondary N) is 1. The standard InChI is InChI=1S/C20H29NO4/c1-3-5-6-16(4-2)15-25-19-10-7-17(8-11-19)9-12-20(24)21-13-18(23)14-22/h7-12,16,22H,3-6,13-15H2,1-2H3,(H,21,24)/b12-9+. The third-order valence-corrected chi connectivity index (χ3v) is 3.97. The predicted molar refractivity (Wildman–Crippen MR) is 99.4 cm³/mol. The SMILES string of the molecule is CCCCC(CC)COc1ccc(/C=C/C(=O)NCC(=O)CO)cc1. The van der Waals surface area contributed by atoms with Gasteiger partial charge in [-0.1, -0.05) is 45.2 Å². The van der Waals surface area contributed by atoms with Crippen molar-refractivity contribution in [2.75, 3.05) is 19.8 Å². The Morgan fingerprint density at radius 2 is 1.96 bits per heavy atom. The van der Waals surface area contributed by atoms with Gasteiger partial charge in [-0.05, 0) is 36.1 Å². The summed E-state index contributed by atoms with van der Waals surface area (Å²) in [5.41, 5.74) is 0.869. The van der Waals surface area contributed by atoms with E-state index in [1.54, 1.807) is 6.08 Å². The molecule has 2 N–H and O–H groups in total. The highest BCUT2D eigenvalue weighted by Gasteiger charge is 2.07. The Hall–Kier alpha value is -2.14. The Morgan fingerprint density at radius 3 is 2.56 bits per heavy atom. The van der Waals surface area contributed by atoms with Crippen molar-refractivity contribution >= 4 is 17.8 Å². The molecule has 0 saturated heterocycles. The van der Waals surface area contributed by atoms with Gasteiger partial charge >= 0.3 is 0 Å². The molecule has 0 saturated carbocycles. The van der Waals surface area contributed by atoms with Crippen LogP contribution in [0.2, 0.25) is 0 Å². The molecule has 1 amide bonds. The third kappa shape index (κ3) is 9.05. The minimum atomic E-state index is -0.567. The summed E-state index contributed by atoms with van der Waals surface area (Å²) >= 11 is 0. The van der Waals surface area contributed by atoms with E-state index in [2.05, 4.69) is 19.2 Å². The number of ketones is 1. The molecule has 1 rings (SSSR count). The molecule has 5 nitrogen and oxygen atoms in total. The lowest BCUT2D eigenvalue weighted by atomic mass is 10.0. The molecule has 0 radical (unpaired) electrons. The molecule has 138 valence electrons. The van der Waals surface area contributed by atoms with Crippen molar-refractivity contribution < 1.29 is 19.4 Å². The first-order valence-electron chi connectivity index (χ1n) is 8.90. The maximum absolute atomic E-state index is 11.5. The van der Waals surface area contributed by atoms with Crippen LogP contribution in [0.25, 0.3) is 6.08 Å². The summed E-state index contributed by atoms with van der Waals surface area (Å²) in [5.74, 6) is 0.617. The summed E-state index contributed by atoms with van der Waals surface area (Å²) in [6.45, 7) is 4.39. The van der Waals surface area contributed by atoms with Crippen molar-refractivity contribution in [3.05, 3.63) is 35.9 Å². The minimum absolute atomic E-state index is 0.164.